The first-order valence-electron chi connectivity index (χ1n) is 7.95. The van der Waals surface area contributed by atoms with Crippen LogP contribution in [-0.2, 0) is 14.3 Å². The number of carbonyl (C=O) groups is 3. The Kier molecular flexibility index (Phi) is 5.46. The predicted molar refractivity (Wildman–Crippen MR) is 98.2 cm³/mol. The van der Waals surface area contributed by atoms with E-state index in [1.807, 2.05) is 0 Å². The number of nitrogens with zero attached hydrogens (tertiary/aromatic N) is 1. The van der Waals surface area contributed by atoms with Gasteiger partial charge in [-0.15, -0.1) is 11.8 Å². The van der Waals surface area contributed by atoms with Crippen LogP contribution in [0.15, 0.2) is 42.5 Å². The van der Waals surface area contributed by atoms with Crippen molar-refractivity contribution in [1.29, 1.82) is 0 Å². The van der Waals surface area contributed by atoms with E-state index in [1.54, 1.807) is 12.1 Å². The van der Waals surface area contributed by atoms with Gasteiger partial charge in [0.2, 0.25) is 5.91 Å². The number of carbonyl (C=O) groups excluding carboxylic acids is 3. The van der Waals surface area contributed by atoms with E-state index in [9.17, 15) is 18.8 Å². The molecule has 2 aromatic rings. The third kappa shape index (κ3) is 3.80. The summed E-state index contributed by atoms with van der Waals surface area (Å²) >= 11 is 1.33. The largest absolute Gasteiger partial charge is 0.465 e. The van der Waals surface area contributed by atoms with Crippen molar-refractivity contribution >= 4 is 35.3 Å². The fourth-order valence-corrected chi connectivity index (χ4v) is 4.00. The summed E-state index contributed by atoms with van der Waals surface area (Å²) in [6.07, 6.45) is 0. The second-order valence-corrected chi connectivity index (χ2v) is 6.80. The fraction of sp³-hybridized carbons (Fsp3) is 0.211. The lowest BCUT2D eigenvalue weighted by Crippen LogP contribution is -2.28. The number of amides is 1. The number of halogens is 1. The first-order chi connectivity index (χ1) is 12.9. The molecular formula is C19H16FNO5S. The second kappa shape index (κ2) is 7.79. The molecule has 8 heteroatoms. The number of hydrogen-bond acceptors (Lipinski definition) is 6. The van der Waals surface area contributed by atoms with Gasteiger partial charge in [-0.2, -0.15) is 0 Å². The van der Waals surface area contributed by atoms with Gasteiger partial charge in [-0.05, 0) is 35.9 Å². The molecule has 1 aliphatic heterocycles. The zero-order chi connectivity index (χ0) is 19.6. The normalized spacial score (nSPS) is 16.3. The maximum atomic E-state index is 13.6. The molecule has 140 valence electrons. The molecule has 0 N–H and O–H groups in total. The molecular weight excluding hydrogens is 373 g/mol. The van der Waals surface area contributed by atoms with Crippen LogP contribution < -0.4 is 4.90 Å². The average Bonchev–Trinajstić information content (AvgIpc) is 3.07. The molecule has 0 saturated carbocycles. The molecule has 0 bridgehead atoms. The van der Waals surface area contributed by atoms with Crippen molar-refractivity contribution in [2.75, 3.05) is 24.9 Å². The van der Waals surface area contributed by atoms with Gasteiger partial charge in [0, 0.05) is 5.69 Å². The van der Waals surface area contributed by atoms with Gasteiger partial charge in [0.15, 0.2) is 0 Å². The van der Waals surface area contributed by atoms with Crippen molar-refractivity contribution in [2.24, 2.45) is 0 Å². The van der Waals surface area contributed by atoms with Gasteiger partial charge in [-0.1, -0.05) is 12.1 Å². The molecule has 1 atom stereocenters. The third-order valence-electron chi connectivity index (χ3n) is 4.04. The maximum absolute atomic E-state index is 13.6. The summed E-state index contributed by atoms with van der Waals surface area (Å²) < 4.78 is 23.1. The van der Waals surface area contributed by atoms with Crippen molar-refractivity contribution in [3.8, 4) is 0 Å². The van der Waals surface area contributed by atoms with Gasteiger partial charge in [0.25, 0.3) is 0 Å². The van der Waals surface area contributed by atoms with E-state index in [2.05, 4.69) is 0 Å². The minimum absolute atomic E-state index is 0.109. The molecule has 0 spiro atoms. The first-order valence-corrected chi connectivity index (χ1v) is 9.00. The number of esters is 2. The van der Waals surface area contributed by atoms with Gasteiger partial charge < -0.3 is 9.47 Å². The summed E-state index contributed by atoms with van der Waals surface area (Å²) in [7, 11) is 2.44. The van der Waals surface area contributed by atoms with Crippen LogP contribution in [-0.4, -0.2) is 37.8 Å². The summed E-state index contributed by atoms with van der Waals surface area (Å²) in [5.74, 6) is -1.73. The van der Waals surface area contributed by atoms with Crippen molar-refractivity contribution in [2.45, 2.75) is 5.37 Å². The fourth-order valence-electron chi connectivity index (χ4n) is 2.83. The quantitative estimate of drug-likeness (QED) is 0.748. The summed E-state index contributed by atoms with van der Waals surface area (Å²) in [5, 5.41) is -0.480. The lowest BCUT2D eigenvalue weighted by Gasteiger charge is -2.25. The van der Waals surface area contributed by atoms with E-state index >= 15 is 0 Å². The summed E-state index contributed by atoms with van der Waals surface area (Å²) in [5.41, 5.74) is 1.16. The lowest BCUT2D eigenvalue weighted by atomic mass is 10.1. The zero-order valence-corrected chi connectivity index (χ0v) is 15.4. The third-order valence-corrected chi connectivity index (χ3v) is 5.25. The van der Waals surface area contributed by atoms with Crippen molar-refractivity contribution in [1.82, 2.24) is 0 Å². The van der Waals surface area contributed by atoms with Crippen molar-refractivity contribution < 1.29 is 28.2 Å². The molecule has 1 heterocycles. The SMILES string of the molecule is COC(=O)c1cc(C(=O)OC)cc(N2C(=O)CSC2c2cccc(F)c2)c1. The molecule has 0 aromatic heterocycles. The second-order valence-electron chi connectivity index (χ2n) is 5.73. The molecule has 1 aliphatic rings. The van der Waals surface area contributed by atoms with Crippen molar-refractivity contribution in [3.05, 3.63) is 65.0 Å². The van der Waals surface area contributed by atoms with Gasteiger partial charge in [-0.25, -0.2) is 14.0 Å². The van der Waals surface area contributed by atoms with Gasteiger partial charge in [-0.3, -0.25) is 9.69 Å². The van der Waals surface area contributed by atoms with E-state index in [4.69, 9.17) is 9.47 Å². The highest BCUT2D eigenvalue weighted by Gasteiger charge is 2.35. The van der Waals surface area contributed by atoms with Crippen LogP contribution in [0.4, 0.5) is 10.1 Å². The van der Waals surface area contributed by atoms with E-state index in [-0.39, 0.29) is 22.8 Å². The van der Waals surface area contributed by atoms with E-state index in [0.29, 0.717) is 11.3 Å². The lowest BCUT2D eigenvalue weighted by molar-refractivity contribution is -0.115. The minimum Gasteiger partial charge on any atom is -0.465 e. The smallest absolute Gasteiger partial charge is 0.337 e. The Hall–Kier alpha value is -2.87. The van der Waals surface area contributed by atoms with Crippen LogP contribution in [0.1, 0.15) is 31.7 Å². The van der Waals surface area contributed by atoms with Gasteiger partial charge >= 0.3 is 11.9 Å². The van der Waals surface area contributed by atoms with Crippen LogP contribution in [0.25, 0.3) is 0 Å². The molecule has 6 nitrogen and oxygen atoms in total. The molecule has 1 amide bonds. The van der Waals surface area contributed by atoms with Crippen LogP contribution in [0, 0.1) is 5.82 Å². The van der Waals surface area contributed by atoms with Crippen molar-refractivity contribution in [3.63, 3.8) is 0 Å². The number of ether oxygens (including phenoxy) is 2. The Balaban J connectivity index is 2.10. The highest BCUT2D eigenvalue weighted by Crippen LogP contribution is 2.42. The molecule has 1 unspecified atom stereocenters. The number of anilines is 1. The van der Waals surface area contributed by atoms with Crippen LogP contribution >= 0.6 is 11.8 Å². The molecule has 0 radical (unpaired) electrons. The minimum atomic E-state index is -0.649. The average molecular weight is 389 g/mol. The van der Waals surface area contributed by atoms with Crippen LogP contribution in [0.5, 0.6) is 0 Å². The number of rotatable bonds is 4. The predicted octanol–water partition coefficient (Wildman–Crippen LogP) is 3.18. The first kappa shape index (κ1) is 18.9. The van der Waals surface area contributed by atoms with E-state index in [1.165, 1.54) is 61.2 Å². The Morgan fingerprint density at radius 3 is 2.26 bits per heavy atom. The zero-order valence-electron chi connectivity index (χ0n) is 14.6. The highest BCUT2D eigenvalue weighted by atomic mass is 32.2. The number of methoxy groups -OCH3 is 2. The standard InChI is InChI=1S/C19H16FNO5S/c1-25-18(23)12-6-13(19(24)26-2)9-15(8-12)21-16(22)10-27-17(21)11-4-3-5-14(20)7-11/h3-9,17H,10H2,1-2H3. The topological polar surface area (TPSA) is 72.9 Å². The van der Waals surface area contributed by atoms with Crippen LogP contribution in [0.2, 0.25) is 0 Å². The molecule has 1 fully saturated rings. The monoisotopic (exact) mass is 389 g/mol. The number of hydrogen-bond donors (Lipinski definition) is 0. The summed E-state index contributed by atoms with van der Waals surface area (Å²) in [6.45, 7) is 0. The van der Waals surface area contributed by atoms with Gasteiger partial charge in [0.1, 0.15) is 11.2 Å². The van der Waals surface area contributed by atoms with E-state index < -0.39 is 23.1 Å². The molecule has 3 rings (SSSR count). The Bertz CT molecular complexity index is 882. The molecule has 2 aromatic carbocycles. The molecule has 27 heavy (non-hydrogen) atoms. The van der Waals surface area contributed by atoms with Gasteiger partial charge in [0.05, 0.1) is 31.1 Å². The number of thioether (sulfide) groups is 1. The Morgan fingerprint density at radius 1 is 1.07 bits per heavy atom. The molecule has 1 saturated heterocycles. The maximum Gasteiger partial charge on any atom is 0.337 e. The van der Waals surface area contributed by atoms with Crippen LogP contribution in [0.3, 0.4) is 0 Å². The highest BCUT2D eigenvalue weighted by molar-refractivity contribution is 8.00. The Morgan fingerprint density at radius 2 is 1.70 bits per heavy atom. The summed E-state index contributed by atoms with van der Waals surface area (Å²) in [4.78, 5) is 37.9. The Labute approximate surface area is 159 Å². The molecule has 0 aliphatic carbocycles. The van der Waals surface area contributed by atoms with E-state index in [0.717, 1.165) is 0 Å². The number of benzene rings is 2. The summed E-state index contributed by atoms with van der Waals surface area (Å²) in [6, 6.07) is 10.2.